The van der Waals surface area contributed by atoms with E-state index in [1.165, 1.54) is 12.1 Å². The van der Waals surface area contributed by atoms with E-state index in [4.69, 9.17) is 0 Å². The van der Waals surface area contributed by atoms with E-state index in [0.29, 0.717) is 22.6 Å². The van der Waals surface area contributed by atoms with Crippen LogP contribution in [0, 0.1) is 12.7 Å². The van der Waals surface area contributed by atoms with Gasteiger partial charge in [-0.15, -0.1) is 0 Å². The molecule has 0 bridgehead atoms. The highest BCUT2D eigenvalue weighted by atomic mass is 19.1. The monoisotopic (exact) mass is 377 g/mol. The minimum absolute atomic E-state index is 0.0531. The number of hydrogen-bond donors (Lipinski definition) is 3. The zero-order valence-electron chi connectivity index (χ0n) is 15.3. The van der Waals surface area contributed by atoms with Crippen LogP contribution in [0.15, 0.2) is 72.8 Å². The van der Waals surface area contributed by atoms with Gasteiger partial charge >= 0.3 is 0 Å². The summed E-state index contributed by atoms with van der Waals surface area (Å²) in [6.07, 6.45) is 0. The highest BCUT2D eigenvalue weighted by molar-refractivity contribution is 6.04. The highest BCUT2D eigenvalue weighted by Gasteiger charge is 2.07. The first-order chi connectivity index (χ1) is 13.5. The van der Waals surface area contributed by atoms with E-state index in [1.807, 2.05) is 25.1 Å². The Balaban J connectivity index is 1.51. The number of rotatable bonds is 6. The lowest BCUT2D eigenvalue weighted by Gasteiger charge is -2.09. The summed E-state index contributed by atoms with van der Waals surface area (Å²) in [5, 5.41) is 8.49. The van der Waals surface area contributed by atoms with Gasteiger partial charge in [-0.3, -0.25) is 9.59 Å². The van der Waals surface area contributed by atoms with Crippen LogP contribution in [0.3, 0.4) is 0 Å². The van der Waals surface area contributed by atoms with E-state index in [-0.39, 0.29) is 24.2 Å². The zero-order chi connectivity index (χ0) is 19.9. The Morgan fingerprint density at radius 1 is 0.821 bits per heavy atom. The van der Waals surface area contributed by atoms with Gasteiger partial charge in [0.1, 0.15) is 5.82 Å². The number of nitrogens with one attached hydrogen (secondary N) is 3. The van der Waals surface area contributed by atoms with Gasteiger partial charge in [-0.2, -0.15) is 0 Å². The normalized spacial score (nSPS) is 10.2. The summed E-state index contributed by atoms with van der Waals surface area (Å²) in [6.45, 7) is 1.98. The third-order valence-corrected chi connectivity index (χ3v) is 4.00. The molecule has 3 aromatic carbocycles. The Morgan fingerprint density at radius 3 is 2.07 bits per heavy atom. The van der Waals surface area contributed by atoms with Crippen molar-refractivity contribution in [3.05, 3.63) is 89.7 Å². The van der Waals surface area contributed by atoms with Crippen LogP contribution in [-0.4, -0.2) is 18.4 Å². The third kappa shape index (κ3) is 5.41. The molecule has 0 unspecified atom stereocenters. The first kappa shape index (κ1) is 19.1. The summed E-state index contributed by atoms with van der Waals surface area (Å²) in [7, 11) is 0. The average molecular weight is 377 g/mol. The van der Waals surface area contributed by atoms with Crippen LogP contribution in [0.25, 0.3) is 0 Å². The molecule has 0 aliphatic carbocycles. The molecule has 3 N–H and O–H groups in total. The van der Waals surface area contributed by atoms with Crippen LogP contribution in [-0.2, 0) is 4.79 Å². The minimum atomic E-state index is -0.329. The van der Waals surface area contributed by atoms with Crippen molar-refractivity contribution >= 4 is 28.9 Å². The molecule has 0 saturated heterocycles. The largest absolute Gasteiger partial charge is 0.376 e. The molecular formula is C22H20FN3O2. The number of aryl methyl sites for hydroxylation is 1. The van der Waals surface area contributed by atoms with Gasteiger partial charge in [0.25, 0.3) is 5.91 Å². The molecule has 0 saturated carbocycles. The lowest BCUT2D eigenvalue weighted by molar-refractivity contribution is -0.114. The Labute approximate surface area is 162 Å². The van der Waals surface area contributed by atoms with Crippen LogP contribution in [0.5, 0.6) is 0 Å². The summed E-state index contributed by atoms with van der Waals surface area (Å²) in [6, 6.07) is 20.0. The second-order valence-electron chi connectivity index (χ2n) is 6.31. The maximum Gasteiger partial charge on any atom is 0.255 e. The Kier molecular flexibility index (Phi) is 6.01. The van der Waals surface area contributed by atoms with Crippen molar-refractivity contribution in [3.63, 3.8) is 0 Å². The quantitative estimate of drug-likeness (QED) is 0.595. The fourth-order valence-electron chi connectivity index (χ4n) is 2.58. The van der Waals surface area contributed by atoms with Crippen LogP contribution < -0.4 is 16.0 Å². The molecule has 142 valence electrons. The van der Waals surface area contributed by atoms with Gasteiger partial charge in [0.2, 0.25) is 5.91 Å². The van der Waals surface area contributed by atoms with E-state index < -0.39 is 0 Å². The molecule has 0 radical (unpaired) electrons. The van der Waals surface area contributed by atoms with Gasteiger partial charge in [0, 0.05) is 22.6 Å². The van der Waals surface area contributed by atoms with Crippen LogP contribution in [0.4, 0.5) is 21.5 Å². The molecule has 0 heterocycles. The Hall–Kier alpha value is -3.67. The number of carbonyl (C=O) groups is 2. The molecule has 0 spiro atoms. The molecule has 0 aromatic heterocycles. The first-order valence-corrected chi connectivity index (χ1v) is 8.77. The lowest BCUT2D eigenvalue weighted by Crippen LogP contribution is -2.21. The SMILES string of the molecule is Cc1cccc(C(=O)Nc2ccc(NC(=O)CNc3ccc(F)cc3)cc2)c1. The maximum absolute atomic E-state index is 12.9. The average Bonchev–Trinajstić information content (AvgIpc) is 2.69. The van der Waals surface area contributed by atoms with Crippen molar-refractivity contribution in [2.45, 2.75) is 6.92 Å². The van der Waals surface area contributed by atoms with Crippen molar-refractivity contribution in [3.8, 4) is 0 Å². The molecular weight excluding hydrogens is 357 g/mol. The summed E-state index contributed by atoms with van der Waals surface area (Å²) in [5.74, 6) is -0.755. The van der Waals surface area contributed by atoms with Crippen LogP contribution >= 0.6 is 0 Å². The summed E-state index contributed by atoms with van der Waals surface area (Å²) in [4.78, 5) is 24.3. The second-order valence-corrected chi connectivity index (χ2v) is 6.31. The standard InChI is InChI=1S/C22H20FN3O2/c1-15-3-2-4-16(13-15)22(28)26-20-11-9-19(10-12-20)25-21(27)14-24-18-7-5-17(23)6-8-18/h2-13,24H,14H2,1H3,(H,25,27)(H,26,28). The van der Waals surface area contributed by atoms with Gasteiger partial charge in [-0.25, -0.2) is 4.39 Å². The fraction of sp³-hybridized carbons (Fsp3) is 0.0909. The summed E-state index contributed by atoms with van der Waals surface area (Å²) in [5.41, 5.74) is 3.50. The molecule has 0 aliphatic rings. The van der Waals surface area contributed by atoms with Crippen molar-refractivity contribution in [2.24, 2.45) is 0 Å². The molecule has 3 rings (SSSR count). The smallest absolute Gasteiger partial charge is 0.255 e. The van der Waals surface area contributed by atoms with Crippen molar-refractivity contribution < 1.29 is 14.0 Å². The van der Waals surface area contributed by atoms with Gasteiger partial charge < -0.3 is 16.0 Å². The lowest BCUT2D eigenvalue weighted by atomic mass is 10.1. The van der Waals surface area contributed by atoms with Gasteiger partial charge in [0.15, 0.2) is 0 Å². The third-order valence-electron chi connectivity index (χ3n) is 4.00. The van der Waals surface area contributed by atoms with Crippen LogP contribution in [0.1, 0.15) is 15.9 Å². The molecule has 0 atom stereocenters. The number of anilines is 3. The van der Waals surface area contributed by atoms with Crippen LogP contribution in [0.2, 0.25) is 0 Å². The molecule has 28 heavy (non-hydrogen) atoms. The predicted octanol–water partition coefficient (Wildman–Crippen LogP) is 4.44. The highest BCUT2D eigenvalue weighted by Crippen LogP contribution is 2.15. The maximum atomic E-state index is 12.9. The number of hydrogen-bond acceptors (Lipinski definition) is 3. The Morgan fingerprint density at radius 2 is 1.43 bits per heavy atom. The van der Waals surface area contributed by atoms with Crippen molar-refractivity contribution in [1.29, 1.82) is 0 Å². The zero-order valence-corrected chi connectivity index (χ0v) is 15.3. The Bertz CT molecular complexity index is 970. The second kappa shape index (κ2) is 8.81. The van der Waals surface area contributed by atoms with Crippen molar-refractivity contribution in [2.75, 3.05) is 22.5 Å². The molecule has 5 nitrogen and oxygen atoms in total. The molecule has 6 heteroatoms. The summed E-state index contributed by atoms with van der Waals surface area (Å²) >= 11 is 0. The molecule has 0 fully saturated rings. The number of carbonyl (C=O) groups excluding carboxylic acids is 2. The van der Waals surface area contributed by atoms with Crippen molar-refractivity contribution in [1.82, 2.24) is 0 Å². The van der Waals surface area contributed by atoms with E-state index in [9.17, 15) is 14.0 Å². The fourth-order valence-corrected chi connectivity index (χ4v) is 2.58. The number of benzene rings is 3. The van der Waals surface area contributed by atoms with Gasteiger partial charge in [-0.05, 0) is 67.6 Å². The molecule has 2 amide bonds. The molecule has 3 aromatic rings. The van der Waals surface area contributed by atoms with Gasteiger partial charge in [0.05, 0.1) is 6.54 Å². The summed E-state index contributed by atoms with van der Waals surface area (Å²) < 4.78 is 12.9. The minimum Gasteiger partial charge on any atom is -0.376 e. The topological polar surface area (TPSA) is 70.2 Å². The number of halogens is 1. The van der Waals surface area contributed by atoms with Gasteiger partial charge in [-0.1, -0.05) is 17.7 Å². The van der Waals surface area contributed by atoms with E-state index in [0.717, 1.165) is 5.56 Å². The van der Waals surface area contributed by atoms with E-state index in [1.54, 1.807) is 42.5 Å². The van der Waals surface area contributed by atoms with E-state index in [2.05, 4.69) is 16.0 Å². The first-order valence-electron chi connectivity index (χ1n) is 8.77. The van der Waals surface area contributed by atoms with E-state index >= 15 is 0 Å². The molecule has 0 aliphatic heterocycles. The number of amides is 2. The predicted molar refractivity (Wildman–Crippen MR) is 109 cm³/mol.